The van der Waals surface area contributed by atoms with Gasteiger partial charge in [-0.05, 0) is 12.2 Å². The van der Waals surface area contributed by atoms with Crippen molar-refractivity contribution in [1.82, 2.24) is 0 Å². The first-order valence-corrected chi connectivity index (χ1v) is 4.83. The molecule has 0 heteroatoms. The van der Waals surface area contributed by atoms with Gasteiger partial charge in [0.15, 0.2) is 0 Å². The highest BCUT2D eigenvalue weighted by Crippen LogP contribution is 2.15. The Labute approximate surface area is 75.0 Å². The van der Waals surface area contributed by atoms with Gasteiger partial charge in [0.05, 0.1) is 0 Å². The van der Waals surface area contributed by atoms with Crippen LogP contribution in [-0.2, 0) is 0 Å². The fourth-order valence-electron chi connectivity index (χ4n) is 1.36. The molecule has 0 nitrogen and oxygen atoms in total. The lowest BCUT2D eigenvalue weighted by molar-refractivity contribution is 0.504. The highest BCUT2D eigenvalue weighted by Gasteiger charge is 1.95. The van der Waals surface area contributed by atoms with Gasteiger partial charge in [-0.25, -0.2) is 0 Å². The van der Waals surface area contributed by atoms with Gasteiger partial charge >= 0.3 is 0 Å². The summed E-state index contributed by atoms with van der Waals surface area (Å²) in [6.07, 6.45) is 16.5. The SMILES string of the molecule is C1=C=CC=CC=1.C1CCCCC1. The smallest absolute Gasteiger partial charge is 0.0115 e. The fourth-order valence-corrected chi connectivity index (χ4v) is 1.36. The summed E-state index contributed by atoms with van der Waals surface area (Å²) in [7, 11) is 0. The maximum atomic E-state index is 2.77. The standard InChI is InChI=1S/C6H12.C6H4/c2*1-2-4-6-5-3-1/h1-6H2;1-4H. The summed E-state index contributed by atoms with van der Waals surface area (Å²) in [6.45, 7) is 0. The van der Waals surface area contributed by atoms with Crippen molar-refractivity contribution in [3.05, 3.63) is 35.8 Å². The summed E-state index contributed by atoms with van der Waals surface area (Å²) in [5.74, 6) is 0. The number of allylic oxidation sites excluding steroid dienone is 4. The third-order valence-corrected chi connectivity index (χ3v) is 2.05. The predicted molar refractivity (Wildman–Crippen MR) is 53.0 cm³/mol. The van der Waals surface area contributed by atoms with E-state index in [-0.39, 0.29) is 0 Å². The summed E-state index contributed by atoms with van der Waals surface area (Å²) in [5.41, 5.74) is 5.53. The highest BCUT2D eigenvalue weighted by molar-refractivity contribution is 5.14. The average molecular weight is 160 g/mol. The van der Waals surface area contributed by atoms with Crippen LogP contribution in [0.25, 0.3) is 0 Å². The molecule has 1 saturated carbocycles. The topological polar surface area (TPSA) is 0 Å². The minimum atomic E-state index is 1.50. The van der Waals surface area contributed by atoms with Crippen LogP contribution in [0.3, 0.4) is 0 Å². The molecule has 1 fully saturated rings. The zero-order valence-electron chi connectivity index (χ0n) is 7.55. The van der Waals surface area contributed by atoms with Crippen molar-refractivity contribution in [2.75, 3.05) is 0 Å². The minimum Gasteiger partial charge on any atom is -0.0702 e. The van der Waals surface area contributed by atoms with Crippen LogP contribution in [0.4, 0.5) is 0 Å². The number of hydrogen-bond acceptors (Lipinski definition) is 0. The van der Waals surface area contributed by atoms with E-state index >= 15 is 0 Å². The maximum absolute atomic E-state index is 2.77. The highest BCUT2D eigenvalue weighted by atomic mass is 14.0. The first-order valence-electron chi connectivity index (χ1n) is 4.83. The van der Waals surface area contributed by atoms with Crippen LogP contribution in [0.5, 0.6) is 0 Å². The van der Waals surface area contributed by atoms with E-state index in [1.54, 1.807) is 0 Å². The molecule has 0 bridgehead atoms. The Hall–Kier alpha value is -0.960. The fraction of sp³-hybridized carbons (Fsp3) is 0.500. The molecule has 0 aromatic heterocycles. The van der Waals surface area contributed by atoms with Crippen LogP contribution in [0, 0.1) is 0 Å². The molecule has 64 valence electrons. The van der Waals surface area contributed by atoms with E-state index in [4.69, 9.17) is 0 Å². The molecule has 0 aromatic rings. The van der Waals surface area contributed by atoms with E-state index in [1.165, 1.54) is 38.5 Å². The zero-order chi connectivity index (χ0) is 8.49. The normalized spacial score (nSPS) is 18.7. The molecule has 0 aliphatic heterocycles. The zero-order valence-corrected chi connectivity index (χ0v) is 7.55. The summed E-state index contributed by atoms with van der Waals surface area (Å²) in [6, 6.07) is 0. The van der Waals surface area contributed by atoms with Gasteiger partial charge in [0.25, 0.3) is 0 Å². The quantitative estimate of drug-likeness (QED) is 0.473. The van der Waals surface area contributed by atoms with Gasteiger partial charge < -0.3 is 0 Å². The van der Waals surface area contributed by atoms with Crippen LogP contribution in [-0.4, -0.2) is 0 Å². The molecule has 0 amide bonds. The lowest BCUT2D eigenvalue weighted by Crippen LogP contribution is -1.85. The average Bonchev–Trinajstić information content (AvgIpc) is 2.24. The van der Waals surface area contributed by atoms with E-state index in [1.807, 2.05) is 24.3 Å². The van der Waals surface area contributed by atoms with Crippen molar-refractivity contribution in [3.8, 4) is 0 Å². The third kappa shape index (κ3) is 4.79. The maximum Gasteiger partial charge on any atom is -0.0115 e. The van der Waals surface area contributed by atoms with Crippen molar-refractivity contribution in [2.45, 2.75) is 38.5 Å². The molecular formula is C12H16. The van der Waals surface area contributed by atoms with Crippen molar-refractivity contribution < 1.29 is 0 Å². The molecule has 0 heterocycles. The predicted octanol–water partition coefficient (Wildman–Crippen LogP) is 3.76. The van der Waals surface area contributed by atoms with Gasteiger partial charge in [-0.15, -0.1) is 0 Å². The largest absolute Gasteiger partial charge is 0.0702 e. The molecule has 0 unspecified atom stereocenters. The van der Waals surface area contributed by atoms with Crippen LogP contribution >= 0.6 is 0 Å². The summed E-state index contributed by atoms with van der Waals surface area (Å²) in [4.78, 5) is 0. The Morgan fingerprint density at radius 3 is 1.08 bits per heavy atom. The first kappa shape index (κ1) is 9.13. The van der Waals surface area contributed by atoms with Gasteiger partial charge in [0.2, 0.25) is 0 Å². The van der Waals surface area contributed by atoms with Crippen LogP contribution < -0.4 is 0 Å². The molecule has 0 aromatic carbocycles. The second-order valence-electron chi connectivity index (χ2n) is 3.13. The van der Waals surface area contributed by atoms with E-state index in [0.717, 1.165) is 0 Å². The summed E-state index contributed by atoms with van der Waals surface area (Å²) in [5, 5.41) is 0. The lowest BCUT2D eigenvalue weighted by atomic mass is 10.0. The molecule has 2 aliphatic carbocycles. The van der Waals surface area contributed by atoms with E-state index in [2.05, 4.69) is 11.5 Å². The van der Waals surface area contributed by atoms with Gasteiger partial charge in [-0.2, -0.15) is 0 Å². The number of rotatable bonds is 0. The second-order valence-corrected chi connectivity index (χ2v) is 3.13. The molecule has 0 spiro atoms. The molecule has 0 atom stereocenters. The molecule has 0 saturated heterocycles. The Morgan fingerprint density at radius 1 is 0.583 bits per heavy atom. The van der Waals surface area contributed by atoms with Crippen LogP contribution in [0.1, 0.15) is 38.5 Å². The van der Waals surface area contributed by atoms with Crippen LogP contribution in [0.2, 0.25) is 0 Å². The molecule has 0 N–H and O–H groups in total. The van der Waals surface area contributed by atoms with Crippen molar-refractivity contribution in [3.63, 3.8) is 0 Å². The van der Waals surface area contributed by atoms with Gasteiger partial charge in [-0.3, -0.25) is 0 Å². The van der Waals surface area contributed by atoms with E-state index in [0.29, 0.717) is 0 Å². The molecule has 2 rings (SSSR count). The minimum absolute atomic E-state index is 1.50. The van der Waals surface area contributed by atoms with Gasteiger partial charge in [0, 0.05) is 0 Å². The Kier molecular flexibility index (Phi) is 5.12. The van der Waals surface area contributed by atoms with Crippen molar-refractivity contribution >= 4 is 0 Å². The Morgan fingerprint density at radius 2 is 0.917 bits per heavy atom. The third-order valence-electron chi connectivity index (χ3n) is 2.05. The van der Waals surface area contributed by atoms with Crippen molar-refractivity contribution in [1.29, 1.82) is 0 Å². The van der Waals surface area contributed by atoms with Crippen molar-refractivity contribution in [2.24, 2.45) is 0 Å². The summed E-state index contributed by atoms with van der Waals surface area (Å²) < 4.78 is 0. The summed E-state index contributed by atoms with van der Waals surface area (Å²) >= 11 is 0. The van der Waals surface area contributed by atoms with E-state index in [9.17, 15) is 0 Å². The van der Waals surface area contributed by atoms with Crippen LogP contribution in [0.15, 0.2) is 35.8 Å². The molecule has 2 aliphatic rings. The lowest BCUT2D eigenvalue weighted by Gasteiger charge is -2.05. The first-order chi connectivity index (χ1) is 6.00. The second kappa shape index (κ2) is 6.73. The monoisotopic (exact) mass is 160 g/mol. The number of hydrogen-bond donors (Lipinski definition) is 0. The Bertz CT molecular complexity index is 187. The van der Waals surface area contributed by atoms with Gasteiger partial charge in [-0.1, -0.05) is 62.1 Å². The Balaban J connectivity index is 0.000000120. The molecule has 12 heavy (non-hydrogen) atoms. The van der Waals surface area contributed by atoms with Gasteiger partial charge in [0.1, 0.15) is 0 Å². The molecular weight excluding hydrogens is 144 g/mol. The van der Waals surface area contributed by atoms with E-state index < -0.39 is 0 Å². The molecule has 0 radical (unpaired) electrons.